The van der Waals surface area contributed by atoms with Gasteiger partial charge in [0.25, 0.3) is 0 Å². The number of aromatic amines is 1. The second kappa shape index (κ2) is 29.1. The van der Waals surface area contributed by atoms with Crippen molar-refractivity contribution in [3.05, 3.63) is 48.0 Å². The van der Waals surface area contributed by atoms with Crippen molar-refractivity contribution in [3.8, 4) is 5.75 Å². The van der Waals surface area contributed by atoms with Gasteiger partial charge in [0.15, 0.2) is 5.96 Å². The molecule has 0 unspecified atom stereocenters. The van der Waals surface area contributed by atoms with Gasteiger partial charge < -0.3 is 79.0 Å². The molecule has 1 fully saturated rings. The molecule has 2 heterocycles. The van der Waals surface area contributed by atoms with Crippen LogP contribution in [-0.2, 0) is 60.7 Å². The monoisotopic (exact) mass is 1010 g/mol. The highest BCUT2D eigenvalue weighted by Gasteiger charge is 2.41. The minimum absolute atomic E-state index is 0.0203. The summed E-state index contributed by atoms with van der Waals surface area (Å²) in [6.45, 7) is 6.94. The van der Waals surface area contributed by atoms with Gasteiger partial charge in [-0.25, -0.2) is 9.78 Å². The van der Waals surface area contributed by atoms with Crippen molar-refractivity contribution in [2.75, 3.05) is 26.8 Å². The number of benzene rings is 1. The third kappa shape index (κ3) is 18.8. The average Bonchev–Trinajstić information content (AvgIpc) is 4.04. The Bertz CT molecular complexity index is 2190. The molecule has 26 heteroatoms. The van der Waals surface area contributed by atoms with E-state index in [-0.39, 0.29) is 69.9 Å². The van der Waals surface area contributed by atoms with E-state index in [1.807, 2.05) is 0 Å². The molecule has 0 radical (unpaired) electrons. The number of aliphatic imine (C=N–C) groups is 1. The van der Waals surface area contributed by atoms with Gasteiger partial charge in [0.1, 0.15) is 48.0 Å². The summed E-state index contributed by atoms with van der Waals surface area (Å²) >= 11 is 0. The minimum atomic E-state index is -1.51. The highest BCUT2D eigenvalue weighted by molar-refractivity contribution is 5.98. The van der Waals surface area contributed by atoms with Crippen LogP contribution in [-0.4, -0.2) is 165 Å². The van der Waals surface area contributed by atoms with Crippen LogP contribution in [0, 0.1) is 11.8 Å². The largest absolute Gasteiger partial charge is 0.508 e. The Kier molecular flexibility index (Phi) is 23.8. The SMILES string of the molecule is CC[C@H](C)[C@H](NC(=O)[C@H](Cc1ccc(O)cc1)NC(=O)[C@@H](NC(=O)[C@H](CCCN=C(N)N)NC(=O)[C@@H](N)CC(=O)O)C(C)C)C(=O)N[C@@H](Cc1cnc[nH]1)C(=O)N1CCC[C@H]1C(=O)N[C@@H](CCOC)C(=O)O. The second-order valence-electron chi connectivity index (χ2n) is 18.0. The predicted molar refractivity (Wildman–Crippen MR) is 259 cm³/mol. The maximum absolute atomic E-state index is 14.5. The molecule has 0 saturated carbocycles. The molecule has 0 bridgehead atoms. The molecule has 1 saturated heterocycles. The summed E-state index contributed by atoms with van der Waals surface area (Å²) in [6, 6.07) is -4.77. The number of H-pyrrole nitrogens is 1. The number of rotatable bonds is 30. The van der Waals surface area contributed by atoms with Crippen molar-refractivity contribution in [1.82, 2.24) is 46.8 Å². The molecule has 0 spiro atoms. The predicted octanol–water partition coefficient (Wildman–Crippen LogP) is -2.52. The van der Waals surface area contributed by atoms with Gasteiger partial charge in [-0.05, 0) is 55.2 Å². The van der Waals surface area contributed by atoms with Crippen LogP contribution in [0.1, 0.15) is 83.9 Å². The number of nitrogens with one attached hydrogen (secondary N) is 7. The van der Waals surface area contributed by atoms with Crippen molar-refractivity contribution in [2.24, 2.45) is 34.0 Å². The van der Waals surface area contributed by atoms with Gasteiger partial charge >= 0.3 is 11.9 Å². The van der Waals surface area contributed by atoms with Crippen molar-refractivity contribution in [1.29, 1.82) is 0 Å². The molecular formula is C46H71N13O13. The van der Waals surface area contributed by atoms with Crippen molar-refractivity contribution >= 4 is 59.2 Å². The number of nitrogens with two attached hydrogens (primary N) is 3. The van der Waals surface area contributed by atoms with E-state index in [0.29, 0.717) is 24.1 Å². The molecule has 1 aliphatic rings. The molecule has 16 N–H and O–H groups in total. The fraction of sp³-hybridized carbons (Fsp3) is 0.587. The van der Waals surface area contributed by atoms with Gasteiger partial charge in [-0.1, -0.05) is 46.2 Å². The fourth-order valence-electron chi connectivity index (χ4n) is 7.76. The number of carbonyl (C=O) groups is 9. The summed E-state index contributed by atoms with van der Waals surface area (Å²) in [5, 5.41) is 44.6. The molecule has 1 aliphatic heterocycles. The number of carboxylic acid groups (broad SMARTS) is 2. The van der Waals surface area contributed by atoms with E-state index in [9.17, 15) is 53.4 Å². The maximum atomic E-state index is 14.5. The van der Waals surface area contributed by atoms with Crippen LogP contribution in [0.3, 0.4) is 0 Å². The highest BCUT2D eigenvalue weighted by atomic mass is 16.5. The van der Waals surface area contributed by atoms with Crippen LogP contribution in [0.25, 0.3) is 0 Å². The summed E-state index contributed by atoms with van der Waals surface area (Å²) in [5.41, 5.74) is 17.5. The topological polar surface area (TPSA) is 418 Å². The van der Waals surface area contributed by atoms with Gasteiger partial charge in [-0.15, -0.1) is 0 Å². The van der Waals surface area contributed by atoms with E-state index >= 15 is 0 Å². The number of nitrogens with zero attached hydrogens (tertiary/aromatic N) is 3. The van der Waals surface area contributed by atoms with Crippen LogP contribution in [0.4, 0.5) is 0 Å². The maximum Gasteiger partial charge on any atom is 0.326 e. The van der Waals surface area contributed by atoms with Crippen LogP contribution in [0.15, 0.2) is 41.8 Å². The average molecular weight is 1010 g/mol. The molecule has 1 aromatic carbocycles. The van der Waals surface area contributed by atoms with Crippen molar-refractivity contribution in [2.45, 2.75) is 134 Å². The molecule has 1 aromatic heterocycles. The van der Waals surface area contributed by atoms with Gasteiger partial charge in [-0.2, -0.15) is 0 Å². The van der Waals surface area contributed by atoms with E-state index < -0.39 is 120 Å². The third-order valence-corrected chi connectivity index (χ3v) is 12.0. The van der Waals surface area contributed by atoms with Crippen LogP contribution in [0.5, 0.6) is 5.75 Å². The molecule has 9 atom stereocenters. The van der Waals surface area contributed by atoms with Crippen LogP contribution in [0.2, 0.25) is 0 Å². The number of ether oxygens (including phenoxy) is 1. The second-order valence-corrected chi connectivity index (χ2v) is 18.0. The Morgan fingerprint density at radius 3 is 2.03 bits per heavy atom. The number of aliphatic carboxylic acids is 2. The molecule has 2 aromatic rings. The van der Waals surface area contributed by atoms with E-state index in [1.54, 1.807) is 27.7 Å². The summed E-state index contributed by atoms with van der Waals surface area (Å²) in [6.07, 6.45) is 2.88. The summed E-state index contributed by atoms with van der Waals surface area (Å²) < 4.78 is 4.99. The van der Waals surface area contributed by atoms with E-state index in [1.165, 1.54) is 48.8 Å². The Balaban J connectivity index is 1.93. The number of methoxy groups -OCH3 is 1. The first-order chi connectivity index (χ1) is 34.1. The molecule has 3 rings (SSSR count). The van der Waals surface area contributed by atoms with E-state index in [4.69, 9.17) is 27.0 Å². The van der Waals surface area contributed by atoms with Gasteiger partial charge in [-0.3, -0.25) is 43.3 Å². The quantitative estimate of drug-likeness (QED) is 0.0218. The normalized spacial score (nSPS) is 16.6. The summed E-state index contributed by atoms with van der Waals surface area (Å²) in [7, 11) is 1.39. The molecule has 398 valence electrons. The first kappa shape index (κ1) is 59.0. The lowest BCUT2D eigenvalue weighted by molar-refractivity contribution is -0.145. The lowest BCUT2D eigenvalue weighted by Crippen LogP contribution is -2.62. The number of carbonyl (C=O) groups excluding carboxylic acids is 7. The first-order valence-electron chi connectivity index (χ1n) is 23.7. The van der Waals surface area contributed by atoms with Crippen molar-refractivity contribution < 1.29 is 63.2 Å². The standard InChI is InChI=1S/C46H71N13O13/c1-6-25(4)37(43(68)56-33(20-27-22-50-23-52-27)44(69)59-17-8-10-34(59)41(66)54-31(45(70)71)15-18-72-5)58-40(65)32(19-26-11-13-28(60)14-12-26)55-42(67)36(24(2)3)57-39(64)30(9-7-16-51-46(48)49)53-38(63)29(47)21-35(61)62/h11-14,22-25,29-34,36-37,60H,6-10,15-21,47H2,1-5H3,(H,50,52)(H,53,63)(H,54,66)(H,55,67)(H,56,68)(H,57,64)(H,58,65)(H,61,62)(H,70,71)(H4,48,49,51)/t25-,29-,30-,31-,32-,33-,34-,36-,37-/m0/s1. The Labute approximate surface area is 416 Å². The van der Waals surface area contributed by atoms with Crippen molar-refractivity contribution in [3.63, 3.8) is 0 Å². The van der Waals surface area contributed by atoms with Gasteiger partial charge in [0, 0.05) is 58.0 Å². The molecule has 0 aliphatic carbocycles. The zero-order valence-corrected chi connectivity index (χ0v) is 41.2. The van der Waals surface area contributed by atoms with Crippen LogP contribution < -0.4 is 49.1 Å². The lowest BCUT2D eigenvalue weighted by Gasteiger charge is -2.32. The Morgan fingerprint density at radius 2 is 1.44 bits per heavy atom. The number of hydrogen-bond acceptors (Lipinski definition) is 14. The number of phenolic OH excluding ortho intramolecular Hbond substituents is 1. The smallest absolute Gasteiger partial charge is 0.326 e. The molecular weight excluding hydrogens is 943 g/mol. The van der Waals surface area contributed by atoms with Gasteiger partial charge in [0.2, 0.25) is 41.4 Å². The number of carboxylic acids is 2. The summed E-state index contributed by atoms with van der Waals surface area (Å²) in [4.78, 5) is 133. The number of hydrogen-bond donors (Lipinski definition) is 13. The number of phenols is 1. The third-order valence-electron chi connectivity index (χ3n) is 12.0. The zero-order valence-electron chi connectivity index (χ0n) is 41.2. The number of guanidine groups is 1. The molecule has 72 heavy (non-hydrogen) atoms. The number of amides is 7. The first-order valence-corrected chi connectivity index (χ1v) is 23.7. The number of imidazole rings is 1. The zero-order chi connectivity index (χ0) is 53.7. The number of aromatic nitrogens is 2. The Morgan fingerprint density at radius 1 is 0.819 bits per heavy atom. The molecule has 26 nitrogen and oxygen atoms in total. The highest BCUT2D eigenvalue weighted by Crippen LogP contribution is 2.21. The van der Waals surface area contributed by atoms with Gasteiger partial charge in [0.05, 0.1) is 18.8 Å². The summed E-state index contributed by atoms with van der Waals surface area (Å²) in [5.74, 6) is -9.69. The van der Waals surface area contributed by atoms with E-state index in [2.05, 4.69) is 46.9 Å². The number of aromatic hydroxyl groups is 1. The Hall–Kier alpha value is -7.35. The minimum Gasteiger partial charge on any atom is -0.508 e. The van der Waals surface area contributed by atoms with E-state index in [0.717, 1.165) is 0 Å². The molecule has 7 amide bonds. The lowest BCUT2D eigenvalue weighted by atomic mass is 9.96. The fourth-order valence-corrected chi connectivity index (χ4v) is 7.76. The van der Waals surface area contributed by atoms with Crippen LogP contribution >= 0.6 is 0 Å². The number of likely N-dealkylation sites (tertiary alicyclic amines) is 1.